The molecule has 3 heteroatoms. The Balaban J connectivity index is 1.18. The van der Waals surface area contributed by atoms with Gasteiger partial charge in [0.05, 0.1) is 6.10 Å². The van der Waals surface area contributed by atoms with Crippen molar-refractivity contribution in [2.24, 2.45) is 46.3 Å². The zero-order valence-corrected chi connectivity index (χ0v) is 27.8. The molecule has 0 amide bonds. The van der Waals surface area contributed by atoms with Gasteiger partial charge in [0.25, 0.3) is 7.37 Å². The van der Waals surface area contributed by atoms with Crippen LogP contribution in [0.5, 0.6) is 0 Å². The molecule has 2 aromatic carbocycles. The molecule has 4 aliphatic carbocycles. The maximum absolute atomic E-state index is 14.7. The highest BCUT2D eigenvalue weighted by Gasteiger charge is 2.59. The maximum atomic E-state index is 14.7. The second-order valence-electron chi connectivity index (χ2n) is 15.5. The number of rotatable bonds is 9. The van der Waals surface area contributed by atoms with Gasteiger partial charge in [-0.2, -0.15) is 0 Å². The summed E-state index contributed by atoms with van der Waals surface area (Å²) in [6, 6.07) is 19.8. The summed E-state index contributed by atoms with van der Waals surface area (Å²) in [5.41, 5.74) is 2.40. The minimum absolute atomic E-state index is 0.00327. The fraction of sp³-hybridized carbons (Fsp3) is 0.641. The van der Waals surface area contributed by atoms with Crippen molar-refractivity contribution in [3.05, 3.63) is 72.3 Å². The lowest BCUT2D eigenvalue weighted by Crippen LogP contribution is -2.51. The molecule has 4 aliphatic rings. The van der Waals surface area contributed by atoms with Gasteiger partial charge in [0.15, 0.2) is 0 Å². The van der Waals surface area contributed by atoms with Gasteiger partial charge in [-0.1, -0.05) is 102 Å². The molecule has 0 unspecified atom stereocenters. The van der Waals surface area contributed by atoms with Crippen molar-refractivity contribution >= 4 is 18.0 Å². The Hall–Kier alpha value is -1.63. The molecule has 2 aromatic rings. The van der Waals surface area contributed by atoms with Crippen LogP contribution in [0.25, 0.3) is 0 Å². The predicted octanol–water partition coefficient (Wildman–Crippen LogP) is 10.3. The molecular weight excluding hydrogens is 531 g/mol. The van der Waals surface area contributed by atoms with E-state index in [1.54, 1.807) is 5.57 Å². The van der Waals surface area contributed by atoms with Crippen LogP contribution in [0.2, 0.25) is 0 Å². The van der Waals surface area contributed by atoms with Crippen molar-refractivity contribution in [3.8, 4) is 0 Å². The van der Waals surface area contributed by atoms with Crippen LogP contribution in [0, 0.1) is 46.3 Å². The molecule has 8 atom stereocenters. The highest BCUT2D eigenvalue weighted by atomic mass is 31.2. The first kappa shape index (κ1) is 30.4. The average Bonchev–Trinajstić information content (AvgIpc) is 3.35. The first-order valence-corrected chi connectivity index (χ1v) is 18.9. The van der Waals surface area contributed by atoms with E-state index in [1.807, 2.05) is 60.7 Å². The van der Waals surface area contributed by atoms with Crippen LogP contribution < -0.4 is 10.6 Å². The second kappa shape index (κ2) is 12.0. The molecule has 0 spiro atoms. The van der Waals surface area contributed by atoms with Gasteiger partial charge in [-0.05, 0) is 122 Å². The molecule has 228 valence electrons. The van der Waals surface area contributed by atoms with E-state index in [0.29, 0.717) is 5.41 Å². The molecule has 0 N–H and O–H groups in total. The highest BCUT2D eigenvalue weighted by molar-refractivity contribution is 7.74. The van der Waals surface area contributed by atoms with Gasteiger partial charge in [0.2, 0.25) is 0 Å². The summed E-state index contributed by atoms with van der Waals surface area (Å²) in [7, 11) is -3.17. The first-order chi connectivity index (χ1) is 20.1. The lowest BCUT2D eigenvalue weighted by atomic mass is 9.47. The van der Waals surface area contributed by atoms with Crippen molar-refractivity contribution in [2.45, 2.75) is 111 Å². The van der Waals surface area contributed by atoms with E-state index in [2.05, 4.69) is 40.7 Å². The van der Waals surface area contributed by atoms with Crippen LogP contribution in [-0.2, 0) is 9.09 Å². The number of allylic oxidation sites excluding steroid dienone is 1. The largest absolute Gasteiger partial charge is 0.318 e. The van der Waals surface area contributed by atoms with Gasteiger partial charge in [-0.25, -0.2) is 0 Å². The summed E-state index contributed by atoms with van der Waals surface area (Å²) >= 11 is 0. The third-order valence-corrected chi connectivity index (χ3v) is 15.3. The molecule has 0 aliphatic heterocycles. The van der Waals surface area contributed by atoms with Crippen LogP contribution >= 0.6 is 7.37 Å². The molecule has 0 heterocycles. The summed E-state index contributed by atoms with van der Waals surface area (Å²) in [6.45, 7) is 12.6. The Labute approximate surface area is 256 Å². The number of benzene rings is 2. The summed E-state index contributed by atoms with van der Waals surface area (Å²) in [5.74, 6) is 5.10. The fourth-order valence-electron chi connectivity index (χ4n) is 10.5. The Morgan fingerprint density at radius 2 is 1.50 bits per heavy atom. The molecule has 0 saturated heterocycles. The Morgan fingerprint density at radius 1 is 0.833 bits per heavy atom. The van der Waals surface area contributed by atoms with E-state index in [-0.39, 0.29) is 11.5 Å². The topological polar surface area (TPSA) is 26.3 Å². The molecular formula is C39H55O2P. The Kier molecular flexibility index (Phi) is 8.72. The van der Waals surface area contributed by atoms with Crippen LogP contribution in [0.4, 0.5) is 0 Å². The first-order valence-electron chi connectivity index (χ1n) is 17.2. The minimum Gasteiger partial charge on any atom is -0.318 e. The third-order valence-electron chi connectivity index (χ3n) is 12.7. The molecule has 3 saturated carbocycles. The molecule has 42 heavy (non-hydrogen) atoms. The monoisotopic (exact) mass is 586 g/mol. The zero-order chi connectivity index (χ0) is 29.5. The van der Waals surface area contributed by atoms with Gasteiger partial charge in [0, 0.05) is 10.6 Å². The van der Waals surface area contributed by atoms with Crippen molar-refractivity contribution < 1.29 is 9.09 Å². The molecule has 6 rings (SSSR count). The average molecular weight is 587 g/mol. The number of hydrogen-bond donors (Lipinski definition) is 0. The van der Waals surface area contributed by atoms with Crippen molar-refractivity contribution in [3.63, 3.8) is 0 Å². The Morgan fingerprint density at radius 3 is 2.14 bits per heavy atom. The molecule has 3 fully saturated rings. The lowest BCUT2D eigenvalue weighted by Gasteiger charge is -2.58. The molecule has 0 aromatic heterocycles. The van der Waals surface area contributed by atoms with Crippen LogP contribution in [-0.4, -0.2) is 6.10 Å². The maximum Gasteiger partial charge on any atom is 0.261 e. The standard InChI is InChI=1S/C39H55O2P/c1-28(2)13-12-14-29(3)35-21-22-36-34-20-19-30-27-31(23-25-38(30,4)37(34)24-26-39(35,36)5)41-42(40,32-15-8-6-9-16-32)33-17-10-7-11-18-33/h6-11,15-19,28-29,31,34-37H,12-14,20-27H2,1-5H3/t29-,31-,34+,35-,36+,37+,38+,39-/m1/s1. The Bertz CT molecular complexity index is 1240. The van der Waals surface area contributed by atoms with Gasteiger partial charge in [-0.3, -0.25) is 4.57 Å². The van der Waals surface area contributed by atoms with E-state index in [1.165, 1.54) is 51.4 Å². The molecule has 0 radical (unpaired) electrons. The van der Waals surface area contributed by atoms with Crippen molar-refractivity contribution in [1.82, 2.24) is 0 Å². The van der Waals surface area contributed by atoms with Crippen molar-refractivity contribution in [1.29, 1.82) is 0 Å². The van der Waals surface area contributed by atoms with Crippen LogP contribution in [0.1, 0.15) is 105 Å². The fourth-order valence-corrected chi connectivity index (χ4v) is 12.7. The SMILES string of the molecule is CC(C)CCC[C@@H](C)[C@H]1CC[C@H]2[C@@H]3CC=C4C[C@H](OP(=O)(c5ccccc5)c5ccccc5)CC[C@]4(C)[C@H]3CC[C@]12C. The summed E-state index contributed by atoms with van der Waals surface area (Å²) in [6.07, 6.45) is 16.9. The summed E-state index contributed by atoms with van der Waals surface area (Å²) < 4.78 is 21.4. The smallest absolute Gasteiger partial charge is 0.261 e. The van der Waals surface area contributed by atoms with E-state index in [4.69, 9.17) is 4.52 Å². The van der Waals surface area contributed by atoms with E-state index in [9.17, 15) is 4.57 Å². The zero-order valence-electron chi connectivity index (χ0n) is 26.9. The van der Waals surface area contributed by atoms with Crippen LogP contribution in [0.15, 0.2) is 72.3 Å². The van der Waals surface area contributed by atoms with Gasteiger partial charge < -0.3 is 4.52 Å². The normalized spacial score (nSPS) is 35.2. The summed E-state index contributed by atoms with van der Waals surface area (Å²) in [4.78, 5) is 0. The summed E-state index contributed by atoms with van der Waals surface area (Å²) in [5, 5.41) is 1.62. The quantitative estimate of drug-likeness (QED) is 0.216. The second-order valence-corrected chi connectivity index (χ2v) is 17.8. The van der Waals surface area contributed by atoms with Crippen LogP contribution in [0.3, 0.4) is 0 Å². The van der Waals surface area contributed by atoms with E-state index >= 15 is 0 Å². The third kappa shape index (κ3) is 5.43. The van der Waals surface area contributed by atoms with Gasteiger partial charge in [-0.15, -0.1) is 0 Å². The van der Waals surface area contributed by atoms with E-state index in [0.717, 1.165) is 65.4 Å². The number of hydrogen-bond acceptors (Lipinski definition) is 2. The van der Waals surface area contributed by atoms with Gasteiger partial charge in [0.1, 0.15) is 0 Å². The molecule has 2 nitrogen and oxygen atoms in total. The lowest BCUT2D eigenvalue weighted by molar-refractivity contribution is -0.0556. The molecule has 0 bridgehead atoms. The predicted molar refractivity (Wildman–Crippen MR) is 178 cm³/mol. The highest BCUT2D eigenvalue weighted by Crippen LogP contribution is 2.67. The number of fused-ring (bicyclic) bond motifs is 5. The minimum atomic E-state index is -3.17. The van der Waals surface area contributed by atoms with E-state index < -0.39 is 7.37 Å². The van der Waals surface area contributed by atoms with Crippen molar-refractivity contribution in [2.75, 3.05) is 0 Å². The van der Waals surface area contributed by atoms with Gasteiger partial charge >= 0.3 is 0 Å².